The number of pyridine rings is 1. The molecule has 3 heteroatoms. The normalized spacial score (nSPS) is 16.6. The van der Waals surface area contributed by atoms with Gasteiger partial charge in [0.15, 0.2) is 0 Å². The van der Waals surface area contributed by atoms with E-state index in [4.69, 9.17) is 9.97 Å². The summed E-state index contributed by atoms with van der Waals surface area (Å²) < 4.78 is 2.32. The summed E-state index contributed by atoms with van der Waals surface area (Å²) in [6.07, 6.45) is 16.8. The number of aromatic nitrogens is 3. The van der Waals surface area contributed by atoms with Gasteiger partial charge in [0.05, 0.1) is 22.4 Å². The SMILES string of the molecule is C/C(=C\C=C(/C)c1nc2c(n1-c1ccccc1)C=CCC2C)c1c2ccc3c(c2nc2c1ccc1ccccc12)C=CCC3. The standard InChI is InChI=1S/C41H35N3/c1-26(20-21-28(3)41-43-38-27(2)12-11-19-36(38)44(41)31-15-5-4-6-16-31)37-34-24-22-29-13-7-9-17-32(29)39(34)42-40-33-18-10-8-14-30(33)23-25-35(37)40/h4-7,9-11,13,15-25,27H,8,12,14H2,1-3H3/b26-20+,28-21+. The minimum absolute atomic E-state index is 0.396. The summed E-state index contributed by atoms with van der Waals surface area (Å²) in [5.74, 6) is 1.39. The van der Waals surface area contributed by atoms with Crippen molar-refractivity contribution in [3.05, 3.63) is 137 Å². The van der Waals surface area contributed by atoms with Gasteiger partial charge in [-0.2, -0.15) is 0 Å². The van der Waals surface area contributed by atoms with E-state index >= 15 is 0 Å². The van der Waals surface area contributed by atoms with Crippen LogP contribution < -0.4 is 0 Å². The summed E-state index contributed by atoms with van der Waals surface area (Å²) in [7, 11) is 0. The molecule has 0 amide bonds. The van der Waals surface area contributed by atoms with Crippen LogP contribution in [0, 0.1) is 0 Å². The molecule has 1 unspecified atom stereocenters. The Balaban J connectivity index is 1.34. The van der Waals surface area contributed by atoms with E-state index in [-0.39, 0.29) is 0 Å². The lowest BCUT2D eigenvalue weighted by molar-refractivity contribution is 0.744. The summed E-state index contributed by atoms with van der Waals surface area (Å²) in [4.78, 5) is 10.6. The van der Waals surface area contributed by atoms with E-state index in [0.717, 1.165) is 47.4 Å². The van der Waals surface area contributed by atoms with Gasteiger partial charge in [-0.15, -0.1) is 0 Å². The minimum atomic E-state index is 0.396. The molecule has 0 fully saturated rings. The lowest BCUT2D eigenvalue weighted by atomic mass is 9.89. The maximum atomic E-state index is 5.38. The van der Waals surface area contributed by atoms with E-state index in [2.05, 4.69) is 141 Å². The van der Waals surface area contributed by atoms with Crippen LogP contribution in [0.1, 0.15) is 73.4 Å². The van der Waals surface area contributed by atoms with E-state index in [1.54, 1.807) is 0 Å². The first-order chi connectivity index (χ1) is 21.6. The molecule has 0 radical (unpaired) electrons. The molecule has 4 aromatic carbocycles. The van der Waals surface area contributed by atoms with Crippen molar-refractivity contribution >= 4 is 55.9 Å². The van der Waals surface area contributed by atoms with Gasteiger partial charge in [-0.1, -0.05) is 104 Å². The highest BCUT2D eigenvalue weighted by atomic mass is 15.1. The van der Waals surface area contributed by atoms with Crippen LogP contribution in [0.15, 0.2) is 103 Å². The first-order valence-electron chi connectivity index (χ1n) is 15.7. The van der Waals surface area contributed by atoms with Crippen LogP contribution in [0.4, 0.5) is 0 Å². The Morgan fingerprint density at radius 1 is 0.750 bits per heavy atom. The highest BCUT2D eigenvalue weighted by Gasteiger charge is 2.23. The van der Waals surface area contributed by atoms with E-state index in [9.17, 15) is 0 Å². The van der Waals surface area contributed by atoms with Gasteiger partial charge in [0.1, 0.15) is 5.82 Å². The number of nitrogens with zero attached hydrogens (tertiary/aromatic N) is 3. The molecule has 0 N–H and O–H groups in total. The average molecular weight is 570 g/mol. The summed E-state index contributed by atoms with van der Waals surface area (Å²) in [6.45, 7) is 6.69. The number of imidazole rings is 1. The zero-order valence-corrected chi connectivity index (χ0v) is 25.5. The van der Waals surface area contributed by atoms with E-state index in [1.165, 1.54) is 55.2 Å². The monoisotopic (exact) mass is 569 g/mol. The van der Waals surface area contributed by atoms with Gasteiger partial charge in [0.2, 0.25) is 0 Å². The van der Waals surface area contributed by atoms with Crippen LogP contribution in [0.5, 0.6) is 0 Å². The Hall–Kier alpha value is -5.02. The number of rotatable bonds is 4. The maximum absolute atomic E-state index is 5.38. The Labute approximate surface area is 258 Å². The second kappa shape index (κ2) is 10.6. The van der Waals surface area contributed by atoms with Gasteiger partial charge in [0, 0.05) is 33.3 Å². The molecule has 2 heterocycles. The number of benzene rings is 4. The molecule has 2 aliphatic rings. The highest BCUT2D eigenvalue weighted by molar-refractivity contribution is 6.15. The van der Waals surface area contributed by atoms with Gasteiger partial charge in [-0.25, -0.2) is 9.97 Å². The van der Waals surface area contributed by atoms with Gasteiger partial charge in [0.25, 0.3) is 0 Å². The van der Waals surface area contributed by atoms with Crippen LogP contribution in [0.3, 0.4) is 0 Å². The summed E-state index contributed by atoms with van der Waals surface area (Å²) in [5, 5.41) is 4.81. The van der Waals surface area contributed by atoms with E-state index in [1.807, 2.05) is 0 Å². The molecule has 0 saturated carbocycles. The van der Waals surface area contributed by atoms with E-state index < -0.39 is 0 Å². The molecule has 1 atom stereocenters. The third-order valence-electron chi connectivity index (χ3n) is 9.35. The maximum Gasteiger partial charge on any atom is 0.140 e. The summed E-state index contributed by atoms with van der Waals surface area (Å²) in [5.41, 5.74) is 11.9. The molecule has 8 rings (SSSR count). The lowest BCUT2D eigenvalue weighted by Crippen LogP contribution is -2.04. The zero-order chi connectivity index (χ0) is 29.8. The molecule has 0 saturated heterocycles. The van der Waals surface area contributed by atoms with Gasteiger partial charge in [-0.3, -0.25) is 4.57 Å². The molecule has 0 aliphatic heterocycles. The second-order valence-corrected chi connectivity index (χ2v) is 12.3. The molecule has 214 valence electrons. The van der Waals surface area contributed by atoms with Gasteiger partial charge < -0.3 is 0 Å². The second-order valence-electron chi connectivity index (χ2n) is 12.3. The van der Waals surface area contributed by atoms with Crippen LogP contribution in [-0.4, -0.2) is 14.5 Å². The van der Waals surface area contributed by atoms with Crippen LogP contribution in [-0.2, 0) is 6.42 Å². The minimum Gasteiger partial charge on any atom is -0.293 e. The molecular weight excluding hydrogens is 534 g/mol. The first kappa shape index (κ1) is 26.6. The zero-order valence-electron chi connectivity index (χ0n) is 25.5. The van der Waals surface area contributed by atoms with Crippen molar-refractivity contribution in [1.82, 2.24) is 14.5 Å². The van der Waals surface area contributed by atoms with Crippen molar-refractivity contribution in [2.24, 2.45) is 0 Å². The van der Waals surface area contributed by atoms with Gasteiger partial charge in [-0.05, 0) is 79.0 Å². The molecule has 2 aliphatic carbocycles. The van der Waals surface area contributed by atoms with Crippen molar-refractivity contribution < 1.29 is 0 Å². The number of allylic oxidation sites excluding steroid dienone is 6. The summed E-state index contributed by atoms with van der Waals surface area (Å²) in [6, 6.07) is 28.3. The number of hydrogen-bond acceptors (Lipinski definition) is 2. The molecule has 0 bridgehead atoms. The number of fused-ring (bicyclic) bond motifs is 7. The van der Waals surface area contributed by atoms with Gasteiger partial charge >= 0.3 is 0 Å². The first-order valence-corrected chi connectivity index (χ1v) is 15.7. The van der Waals surface area contributed by atoms with Crippen LogP contribution in [0.2, 0.25) is 0 Å². The van der Waals surface area contributed by atoms with Crippen molar-refractivity contribution in [2.75, 3.05) is 0 Å². The molecule has 0 spiro atoms. The smallest absolute Gasteiger partial charge is 0.140 e. The molecular formula is C41H35N3. The fraction of sp³-hybridized carbons (Fsp3) is 0.171. The van der Waals surface area contributed by atoms with Crippen molar-refractivity contribution in [3.8, 4) is 5.69 Å². The topological polar surface area (TPSA) is 30.7 Å². The average Bonchev–Trinajstić information content (AvgIpc) is 3.47. The predicted octanol–water partition coefficient (Wildman–Crippen LogP) is 10.7. The predicted molar refractivity (Wildman–Crippen MR) is 187 cm³/mol. The molecule has 2 aromatic heterocycles. The Bertz CT molecular complexity index is 2220. The number of para-hydroxylation sites is 1. The third-order valence-corrected chi connectivity index (χ3v) is 9.35. The molecule has 6 aromatic rings. The van der Waals surface area contributed by atoms with Crippen LogP contribution >= 0.6 is 0 Å². The third kappa shape index (κ3) is 4.26. The highest BCUT2D eigenvalue weighted by Crippen LogP contribution is 2.39. The molecule has 44 heavy (non-hydrogen) atoms. The van der Waals surface area contributed by atoms with E-state index in [0.29, 0.717) is 5.92 Å². The van der Waals surface area contributed by atoms with Crippen molar-refractivity contribution in [2.45, 2.75) is 46.0 Å². The number of hydrogen-bond donors (Lipinski definition) is 0. The Morgan fingerprint density at radius 2 is 1.52 bits per heavy atom. The van der Waals surface area contributed by atoms with Crippen LogP contribution in [0.25, 0.3) is 61.6 Å². The number of aryl methyl sites for hydroxylation is 1. The Morgan fingerprint density at radius 3 is 2.41 bits per heavy atom. The summed E-state index contributed by atoms with van der Waals surface area (Å²) >= 11 is 0. The molecule has 3 nitrogen and oxygen atoms in total. The quantitative estimate of drug-likeness (QED) is 0.120. The fourth-order valence-corrected chi connectivity index (χ4v) is 7.05. The van der Waals surface area contributed by atoms with Crippen molar-refractivity contribution in [1.29, 1.82) is 0 Å². The largest absolute Gasteiger partial charge is 0.293 e. The lowest BCUT2D eigenvalue weighted by Gasteiger charge is -2.18. The fourth-order valence-electron chi connectivity index (χ4n) is 7.05. The Kier molecular flexibility index (Phi) is 6.41. The van der Waals surface area contributed by atoms with Crippen molar-refractivity contribution in [3.63, 3.8) is 0 Å².